The van der Waals surface area contributed by atoms with Crippen LogP contribution >= 0.6 is 11.3 Å². The van der Waals surface area contributed by atoms with E-state index in [0.29, 0.717) is 16.2 Å². The van der Waals surface area contributed by atoms with E-state index in [9.17, 15) is 0 Å². The minimum absolute atomic E-state index is 0.260. The Morgan fingerprint density at radius 3 is 2.30 bits per heavy atom. The van der Waals surface area contributed by atoms with Gasteiger partial charge in [-0.15, -0.1) is 11.3 Å². The van der Waals surface area contributed by atoms with E-state index in [1.165, 1.54) is 49.0 Å². The second-order valence-corrected chi connectivity index (χ2v) is 10.0. The summed E-state index contributed by atoms with van der Waals surface area (Å²) in [7, 11) is 0. The molecule has 2 heteroatoms. The van der Waals surface area contributed by atoms with E-state index in [1.807, 2.05) is 11.3 Å². The molecule has 1 heterocycles. The summed E-state index contributed by atoms with van der Waals surface area (Å²) in [6, 6.07) is 2.55. The number of aryl methyl sites for hydroxylation is 1. The molecule has 4 saturated carbocycles. The van der Waals surface area contributed by atoms with Crippen molar-refractivity contribution in [3.63, 3.8) is 0 Å². The maximum absolute atomic E-state index is 6.86. The van der Waals surface area contributed by atoms with Crippen LogP contribution in [0.15, 0.2) is 11.4 Å². The lowest BCUT2D eigenvalue weighted by molar-refractivity contribution is -0.154. The molecule has 5 rings (SSSR count). The van der Waals surface area contributed by atoms with Crippen molar-refractivity contribution in [1.82, 2.24) is 0 Å². The van der Waals surface area contributed by atoms with Crippen LogP contribution in [0.4, 0.5) is 0 Å². The molecule has 1 aromatic heterocycles. The minimum atomic E-state index is 0.260. The lowest BCUT2D eigenvalue weighted by Crippen LogP contribution is -2.58. The van der Waals surface area contributed by atoms with E-state index < -0.39 is 0 Å². The summed E-state index contributed by atoms with van der Waals surface area (Å²) in [6.45, 7) is 7.32. The molecule has 4 aliphatic rings. The maximum Gasteiger partial charge on any atom is 0.0363 e. The molecule has 1 aromatic rings. The average molecular weight is 289 g/mol. The molecule has 0 spiro atoms. The molecule has 0 aromatic carbocycles. The molecule has 3 atom stereocenters. The van der Waals surface area contributed by atoms with Gasteiger partial charge in [-0.1, -0.05) is 13.8 Å². The van der Waals surface area contributed by atoms with Gasteiger partial charge in [-0.2, -0.15) is 0 Å². The SMILES string of the molecule is Cc1sccc1C(N)C12CC3CC(C)(CC(C)(C3)C1)C2. The van der Waals surface area contributed by atoms with Crippen molar-refractivity contribution in [1.29, 1.82) is 0 Å². The molecular formula is C18H27NS. The van der Waals surface area contributed by atoms with E-state index in [-0.39, 0.29) is 6.04 Å². The van der Waals surface area contributed by atoms with E-state index >= 15 is 0 Å². The van der Waals surface area contributed by atoms with Gasteiger partial charge in [0, 0.05) is 10.9 Å². The van der Waals surface area contributed by atoms with Crippen LogP contribution in [-0.4, -0.2) is 0 Å². The van der Waals surface area contributed by atoms with Crippen molar-refractivity contribution in [2.24, 2.45) is 27.9 Å². The summed E-state index contributed by atoms with van der Waals surface area (Å²) in [6.07, 6.45) is 8.46. The zero-order valence-corrected chi connectivity index (χ0v) is 13.9. The highest BCUT2D eigenvalue weighted by Crippen LogP contribution is 2.71. The van der Waals surface area contributed by atoms with Gasteiger partial charge in [0.05, 0.1) is 0 Å². The van der Waals surface area contributed by atoms with Gasteiger partial charge in [0.2, 0.25) is 0 Å². The smallest absolute Gasteiger partial charge is 0.0363 e. The third-order valence-electron chi connectivity index (χ3n) is 6.56. The molecule has 3 unspecified atom stereocenters. The summed E-state index contributed by atoms with van der Waals surface area (Å²) in [5.74, 6) is 0.936. The number of thiophene rings is 1. The first-order chi connectivity index (χ1) is 9.33. The Labute approximate surface area is 127 Å². The second kappa shape index (κ2) is 3.89. The molecule has 110 valence electrons. The Kier molecular flexibility index (Phi) is 2.60. The molecule has 4 aliphatic carbocycles. The zero-order valence-electron chi connectivity index (χ0n) is 13.0. The molecular weight excluding hydrogens is 262 g/mol. The number of rotatable bonds is 2. The first-order valence-electron chi connectivity index (χ1n) is 8.13. The van der Waals surface area contributed by atoms with Crippen molar-refractivity contribution in [3.05, 3.63) is 21.9 Å². The quantitative estimate of drug-likeness (QED) is 0.809. The van der Waals surface area contributed by atoms with Gasteiger partial charge in [-0.05, 0) is 84.6 Å². The van der Waals surface area contributed by atoms with Crippen molar-refractivity contribution in [2.75, 3.05) is 0 Å². The lowest BCUT2D eigenvalue weighted by atomic mass is 9.39. The Bertz CT molecular complexity index is 527. The van der Waals surface area contributed by atoms with Crippen molar-refractivity contribution < 1.29 is 0 Å². The maximum atomic E-state index is 6.86. The third kappa shape index (κ3) is 1.77. The largest absolute Gasteiger partial charge is 0.323 e. The van der Waals surface area contributed by atoms with Crippen LogP contribution in [0.3, 0.4) is 0 Å². The molecule has 0 aliphatic heterocycles. The monoisotopic (exact) mass is 289 g/mol. The predicted molar refractivity (Wildman–Crippen MR) is 85.8 cm³/mol. The van der Waals surface area contributed by atoms with Crippen LogP contribution < -0.4 is 5.73 Å². The molecule has 2 N–H and O–H groups in total. The predicted octanol–water partition coefficient (Wildman–Crippen LogP) is 5.05. The number of nitrogens with two attached hydrogens (primary N) is 1. The second-order valence-electron chi connectivity index (χ2n) is 8.90. The van der Waals surface area contributed by atoms with E-state index in [4.69, 9.17) is 5.73 Å². The van der Waals surface area contributed by atoms with Gasteiger partial charge in [0.25, 0.3) is 0 Å². The number of hydrogen-bond acceptors (Lipinski definition) is 2. The highest BCUT2D eigenvalue weighted by atomic mass is 32.1. The molecule has 1 nitrogen and oxygen atoms in total. The van der Waals surface area contributed by atoms with Crippen LogP contribution in [0.5, 0.6) is 0 Å². The highest BCUT2D eigenvalue weighted by molar-refractivity contribution is 7.10. The molecule has 0 amide bonds. The fraction of sp³-hybridized carbons (Fsp3) is 0.778. The van der Waals surface area contributed by atoms with Gasteiger partial charge in [0.15, 0.2) is 0 Å². The third-order valence-corrected chi connectivity index (χ3v) is 7.42. The zero-order chi connectivity index (χ0) is 14.2. The summed E-state index contributed by atoms with van der Waals surface area (Å²) < 4.78 is 0. The molecule has 20 heavy (non-hydrogen) atoms. The summed E-state index contributed by atoms with van der Waals surface area (Å²) in [4.78, 5) is 1.43. The number of hydrogen-bond donors (Lipinski definition) is 1. The Morgan fingerprint density at radius 2 is 1.80 bits per heavy atom. The fourth-order valence-electron chi connectivity index (χ4n) is 6.93. The van der Waals surface area contributed by atoms with E-state index in [2.05, 4.69) is 32.2 Å². The van der Waals surface area contributed by atoms with Crippen LogP contribution in [0.2, 0.25) is 0 Å². The first-order valence-corrected chi connectivity index (χ1v) is 9.01. The Hall–Kier alpha value is -0.340. The van der Waals surface area contributed by atoms with Crippen LogP contribution in [0.25, 0.3) is 0 Å². The molecule has 0 radical (unpaired) electrons. The summed E-state index contributed by atoms with van der Waals surface area (Å²) in [5.41, 5.74) is 9.81. The van der Waals surface area contributed by atoms with Crippen molar-refractivity contribution in [3.8, 4) is 0 Å². The van der Waals surface area contributed by atoms with Crippen LogP contribution in [-0.2, 0) is 0 Å². The van der Waals surface area contributed by atoms with Gasteiger partial charge >= 0.3 is 0 Å². The van der Waals surface area contributed by atoms with Crippen LogP contribution in [0, 0.1) is 29.1 Å². The van der Waals surface area contributed by atoms with Gasteiger partial charge in [-0.3, -0.25) is 0 Å². The van der Waals surface area contributed by atoms with E-state index in [1.54, 1.807) is 0 Å². The standard InChI is InChI=1S/C18H27NS/c1-12-14(4-5-20-12)15(19)18-8-13-6-16(2,10-18)9-17(3,7-13)11-18/h4-5,13,15H,6-11,19H2,1-3H3. The summed E-state index contributed by atoms with van der Waals surface area (Å²) >= 11 is 1.85. The molecule has 4 bridgehead atoms. The van der Waals surface area contributed by atoms with Gasteiger partial charge in [0.1, 0.15) is 0 Å². The average Bonchev–Trinajstić information content (AvgIpc) is 2.69. The minimum Gasteiger partial charge on any atom is -0.323 e. The lowest BCUT2D eigenvalue weighted by Gasteiger charge is -2.67. The van der Waals surface area contributed by atoms with Crippen molar-refractivity contribution >= 4 is 11.3 Å². The molecule has 4 fully saturated rings. The normalized spacial score (nSPS) is 47.7. The van der Waals surface area contributed by atoms with Gasteiger partial charge in [-0.25, -0.2) is 0 Å². The molecule has 0 saturated heterocycles. The highest BCUT2D eigenvalue weighted by Gasteiger charge is 2.61. The van der Waals surface area contributed by atoms with Crippen LogP contribution in [0.1, 0.15) is 68.9 Å². The fourth-order valence-corrected chi connectivity index (χ4v) is 7.68. The summed E-state index contributed by atoms with van der Waals surface area (Å²) in [5, 5.41) is 2.22. The Morgan fingerprint density at radius 1 is 1.15 bits per heavy atom. The van der Waals surface area contributed by atoms with E-state index in [0.717, 1.165) is 5.92 Å². The topological polar surface area (TPSA) is 26.0 Å². The van der Waals surface area contributed by atoms with Crippen molar-refractivity contribution in [2.45, 2.75) is 65.3 Å². The Balaban J connectivity index is 1.75. The first kappa shape index (κ1) is 13.3. The van der Waals surface area contributed by atoms with Gasteiger partial charge < -0.3 is 5.73 Å².